The zero-order valence-corrected chi connectivity index (χ0v) is 20.4. The third kappa shape index (κ3) is 5.26. The second-order valence-corrected chi connectivity index (χ2v) is 9.69. The molecule has 184 valence electrons. The maximum atomic E-state index is 12.8. The number of amides is 2. The quantitative estimate of drug-likeness (QED) is 0.467. The van der Waals surface area contributed by atoms with Crippen LogP contribution in [-0.2, 0) is 16.1 Å². The van der Waals surface area contributed by atoms with Crippen molar-refractivity contribution in [2.24, 2.45) is 0 Å². The summed E-state index contributed by atoms with van der Waals surface area (Å²) in [7, 11) is 1.72. The Morgan fingerprint density at radius 3 is 2.54 bits per heavy atom. The fraction of sp³-hybridized carbons (Fsp3) is 0.429. The topological polar surface area (TPSA) is 73.9 Å². The normalized spacial score (nSPS) is 21.8. The van der Waals surface area contributed by atoms with Gasteiger partial charge in [-0.3, -0.25) is 19.8 Å². The second kappa shape index (κ2) is 10.6. The van der Waals surface area contributed by atoms with E-state index in [0.717, 1.165) is 37.3 Å². The molecular formula is C28H34N4O3. The highest BCUT2D eigenvalue weighted by Crippen LogP contribution is 2.32. The van der Waals surface area contributed by atoms with Crippen LogP contribution in [0.1, 0.15) is 53.6 Å². The van der Waals surface area contributed by atoms with Crippen molar-refractivity contribution in [3.05, 3.63) is 65.4 Å². The van der Waals surface area contributed by atoms with Crippen molar-refractivity contribution in [1.82, 2.24) is 10.2 Å². The molecule has 2 amide bonds. The predicted molar refractivity (Wildman–Crippen MR) is 138 cm³/mol. The van der Waals surface area contributed by atoms with Crippen molar-refractivity contribution in [2.45, 2.75) is 44.7 Å². The Kier molecular flexibility index (Phi) is 7.16. The number of nitrogens with zero attached hydrogens (tertiary/aromatic N) is 2. The van der Waals surface area contributed by atoms with Crippen LogP contribution in [-0.4, -0.2) is 56.1 Å². The van der Waals surface area contributed by atoms with Crippen LogP contribution in [0.4, 0.5) is 11.4 Å². The van der Waals surface area contributed by atoms with Gasteiger partial charge >= 0.3 is 0 Å². The molecule has 0 radical (unpaired) electrons. The fourth-order valence-electron chi connectivity index (χ4n) is 5.41. The van der Waals surface area contributed by atoms with Crippen LogP contribution in [0.15, 0.2) is 48.7 Å². The smallest absolute Gasteiger partial charge is 0.260 e. The van der Waals surface area contributed by atoms with Crippen molar-refractivity contribution in [1.29, 1.82) is 0 Å². The number of carbonyl (C=O) groups excluding carboxylic acids is 2. The third-order valence-corrected chi connectivity index (χ3v) is 7.27. The summed E-state index contributed by atoms with van der Waals surface area (Å²) in [6, 6.07) is 14.4. The number of benzene rings is 2. The van der Waals surface area contributed by atoms with Crippen LogP contribution >= 0.6 is 0 Å². The van der Waals surface area contributed by atoms with Gasteiger partial charge < -0.3 is 15.0 Å². The molecule has 2 saturated heterocycles. The molecule has 3 heterocycles. The summed E-state index contributed by atoms with van der Waals surface area (Å²) in [5.74, 6) is -0.741. The predicted octanol–water partition coefficient (Wildman–Crippen LogP) is 4.01. The monoisotopic (exact) mass is 474 g/mol. The van der Waals surface area contributed by atoms with E-state index in [0.29, 0.717) is 29.3 Å². The van der Waals surface area contributed by atoms with Gasteiger partial charge in [0.15, 0.2) is 0 Å². The van der Waals surface area contributed by atoms with Crippen LogP contribution in [0.5, 0.6) is 0 Å². The van der Waals surface area contributed by atoms with Gasteiger partial charge in [-0.1, -0.05) is 18.6 Å². The zero-order valence-electron chi connectivity index (χ0n) is 20.4. The van der Waals surface area contributed by atoms with E-state index < -0.39 is 0 Å². The van der Waals surface area contributed by atoms with Crippen LogP contribution in [0.2, 0.25) is 0 Å². The number of ether oxygens (including phenoxy) is 1. The van der Waals surface area contributed by atoms with Crippen molar-refractivity contribution in [3.8, 4) is 0 Å². The Balaban J connectivity index is 1.35. The van der Waals surface area contributed by atoms with Gasteiger partial charge in [0.05, 0.1) is 18.2 Å². The highest BCUT2D eigenvalue weighted by Gasteiger charge is 2.30. The molecule has 0 aliphatic carbocycles. The number of imide groups is 1. The number of methoxy groups -OCH3 is 1. The van der Waals surface area contributed by atoms with Gasteiger partial charge in [0.25, 0.3) is 11.8 Å². The number of anilines is 2. The lowest BCUT2D eigenvalue weighted by Gasteiger charge is -2.28. The molecule has 35 heavy (non-hydrogen) atoms. The van der Waals surface area contributed by atoms with Crippen molar-refractivity contribution in [2.75, 3.05) is 43.6 Å². The molecule has 2 fully saturated rings. The fourth-order valence-corrected chi connectivity index (χ4v) is 5.41. The number of fused-ring (bicyclic) bond motifs is 1. The van der Waals surface area contributed by atoms with Crippen molar-refractivity contribution >= 4 is 28.8 Å². The number of nitrogens with one attached hydrogen (secondary N) is 2. The second-order valence-electron chi connectivity index (χ2n) is 9.69. The Labute approximate surface area is 207 Å². The number of hydrogen-bond donors (Lipinski definition) is 2. The minimum absolute atomic E-state index is 0.306. The lowest BCUT2D eigenvalue weighted by molar-refractivity contribution is -0.114. The number of hydrogen-bond acceptors (Lipinski definition) is 6. The minimum Gasteiger partial charge on any atom is -0.383 e. The number of likely N-dealkylation sites (tertiary alicyclic amines) is 1. The summed E-state index contributed by atoms with van der Waals surface area (Å²) in [4.78, 5) is 30.1. The first-order chi connectivity index (χ1) is 17.1. The van der Waals surface area contributed by atoms with E-state index in [1.807, 2.05) is 30.3 Å². The highest BCUT2D eigenvalue weighted by molar-refractivity contribution is 6.31. The molecule has 5 rings (SSSR count). The standard InChI is InChI=1S/C28H34N4O3/c1-35-19-23-6-5-15-32(23)22-11-12-24-25(16-22)26(28(34)30-27(24)33)17-29-21-9-7-20(8-10-21)18-31-13-3-2-4-14-31/h7-12,16-17,23,29H,2-6,13-15,18-19H2,1H3,(H,30,33,34)/b26-17-/t23-/m1/s1. The molecule has 1 atom stereocenters. The van der Waals surface area contributed by atoms with Gasteiger partial charge in [-0.15, -0.1) is 0 Å². The lowest BCUT2D eigenvalue weighted by Crippen LogP contribution is -2.37. The van der Waals surface area contributed by atoms with Crippen LogP contribution in [0.25, 0.3) is 5.57 Å². The summed E-state index contributed by atoms with van der Waals surface area (Å²) >= 11 is 0. The van der Waals surface area contributed by atoms with Gasteiger partial charge in [-0.2, -0.15) is 0 Å². The molecule has 2 N–H and O–H groups in total. The van der Waals surface area contributed by atoms with E-state index in [1.165, 1.54) is 37.9 Å². The number of carbonyl (C=O) groups is 2. The first-order valence-corrected chi connectivity index (χ1v) is 12.7. The zero-order chi connectivity index (χ0) is 24.2. The summed E-state index contributed by atoms with van der Waals surface area (Å²) < 4.78 is 5.40. The van der Waals surface area contributed by atoms with Crippen molar-refractivity contribution in [3.63, 3.8) is 0 Å². The van der Waals surface area contributed by atoms with Crippen LogP contribution < -0.4 is 15.5 Å². The molecule has 7 heteroatoms. The third-order valence-electron chi connectivity index (χ3n) is 7.27. The van der Waals surface area contributed by atoms with E-state index in [2.05, 4.69) is 32.6 Å². The number of rotatable bonds is 7. The van der Waals surface area contributed by atoms with E-state index in [1.54, 1.807) is 13.3 Å². The Bertz CT molecular complexity index is 1110. The van der Waals surface area contributed by atoms with Gasteiger partial charge in [-0.05, 0) is 74.7 Å². The average molecular weight is 475 g/mol. The highest BCUT2D eigenvalue weighted by atomic mass is 16.5. The molecule has 2 aromatic carbocycles. The minimum atomic E-state index is -0.385. The molecule has 2 aromatic rings. The van der Waals surface area contributed by atoms with Gasteiger partial charge in [0, 0.05) is 48.9 Å². The van der Waals surface area contributed by atoms with E-state index >= 15 is 0 Å². The van der Waals surface area contributed by atoms with Gasteiger partial charge in [0.2, 0.25) is 0 Å². The molecule has 0 aromatic heterocycles. The largest absolute Gasteiger partial charge is 0.383 e. The van der Waals surface area contributed by atoms with Crippen LogP contribution in [0.3, 0.4) is 0 Å². The maximum Gasteiger partial charge on any atom is 0.260 e. The average Bonchev–Trinajstić information content (AvgIpc) is 3.34. The molecular weight excluding hydrogens is 440 g/mol. The van der Waals surface area contributed by atoms with E-state index in [4.69, 9.17) is 4.74 Å². The molecule has 0 unspecified atom stereocenters. The molecule has 3 aliphatic rings. The molecule has 0 saturated carbocycles. The Morgan fingerprint density at radius 2 is 1.77 bits per heavy atom. The van der Waals surface area contributed by atoms with E-state index in [9.17, 15) is 9.59 Å². The first kappa shape index (κ1) is 23.6. The van der Waals surface area contributed by atoms with Crippen LogP contribution in [0, 0.1) is 0 Å². The first-order valence-electron chi connectivity index (χ1n) is 12.7. The summed E-state index contributed by atoms with van der Waals surface area (Å²) in [5, 5.41) is 5.74. The van der Waals surface area contributed by atoms with Crippen molar-refractivity contribution < 1.29 is 14.3 Å². The summed E-state index contributed by atoms with van der Waals surface area (Å²) in [5.41, 5.74) is 4.84. The molecule has 3 aliphatic heterocycles. The summed E-state index contributed by atoms with van der Waals surface area (Å²) in [6.45, 7) is 4.92. The van der Waals surface area contributed by atoms with Gasteiger partial charge in [-0.25, -0.2) is 0 Å². The Morgan fingerprint density at radius 1 is 0.971 bits per heavy atom. The molecule has 0 spiro atoms. The van der Waals surface area contributed by atoms with Gasteiger partial charge in [0.1, 0.15) is 0 Å². The van der Waals surface area contributed by atoms with E-state index in [-0.39, 0.29) is 11.8 Å². The SMILES string of the molecule is COC[C@H]1CCCN1c1ccc2c(c1)/C(=C/Nc1ccc(CN3CCCCC3)cc1)C(=O)NC2=O. The Hall–Kier alpha value is -3.16. The molecule has 0 bridgehead atoms. The number of piperidine rings is 1. The lowest BCUT2D eigenvalue weighted by atomic mass is 9.94. The molecule has 7 nitrogen and oxygen atoms in total. The maximum absolute atomic E-state index is 12.8. The summed E-state index contributed by atoms with van der Waals surface area (Å²) in [6.07, 6.45) is 7.78.